The minimum Gasteiger partial charge on any atom is -0.379 e. The van der Waals surface area contributed by atoms with Crippen molar-refractivity contribution in [1.82, 2.24) is 15.2 Å². The number of rotatable bonds is 3. The number of amides is 1. The largest absolute Gasteiger partial charge is 0.379 e. The fraction of sp³-hybridized carbons (Fsp3) is 0.167. The number of nitrogens with two attached hydrogens (primary N) is 1. The number of hydrogen-bond donors (Lipinski definition) is 1. The Kier molecular flexibility index (Phi) is 3.43. The molecule has 1 amide bonds. The van der Waals surface area contributed by atoms with Crippen LogP contribution in [0.15, 0.2) is 28.9 Å². The third-order valence-electron chi connectivity index (χ3n) is 2.54. The summed E-state index contributed by atoms with van der Waals surface area (Å²) in [6.45, 7) is 0.334. The fourth-order valence-electron chi connectivity index (χ4n) is 1.61. The summed E-state index contributed by atoms with van der Waals surface area (Å²) in [4.78, 5) is 13.4. The van der Waals surface area contributed by atoms with Crippen LogP contribution in [0, 0.1) is 11.3 Å². The molecule has 96 valence electrons. The molecule has 2 N–H and O–H groups in total. The summed E-state index contributed by atoms with van der Waals surface area (Å²) in [5.41, 5.74) is 6.83. The van der Waals surface area contributed by atoms with Gasteiger partial charge in [0.25, 0.3) is 5.91 Å². The van der Waals surface area contributed by atoms with Crippen molar-refractivity contribution < 1.29 is 9.42 Å². The molecule has 0 bridgehead atoms. The van der Waals surface area contributed by atoms with E-state index in [4.69, 9.17) is 11.0 Å². The van der Waals surface area contributed by atoms with Crippen LogP contribution in [0.2, 0.25) is 0 Å². The molecule has 1 aromatic heterocycles. The van der Waals surface area contributed by atoms with Crippen molar-refractivity contribution in [3.63, 3.8) is 0 Å². The lowest BCUT2D eigenvalue weighted by molar-refractivity contribution is 0.0774. The molecule has 7 nitrogen and oxygen atoms in total. The van der Waals surface area contributed by atoms with Crippen molar-refractivity contribution in [1.29, 1.82) is 5.26 Å². The Balaban J connectivity index is 2.13. The first-order valence-electron chi connectivity index (χ1n) is 5.44. The van der Waals surface area contributed by atoms with E-state index in [0.717, 1.165) is 5.56 Å². The summed E-state index contributed by atoms with van der Waals surface area (Å²) in [6, 6.07) is 9.05. The van der Waals surface area contributed by atoms with E-state index in [1.165, 1.54) is 4.90 Å². The maximum Gasteiger partial charge on any atom is 0.280 e. The number of nitriles is 1. The number of anilines is 1. The second-order valence-corrected chi connectivity index (χ2v) is 3.97. The summed E-state index contributed by atoms with van der Waals surface area (Å²) in [7, 11) is 1.61. The van der Waals surface area contributed by atoms with Crippen LogP contribution >= 0.6 is 0 Å². The van der Waals surface area contributed by atoms with Gasteiger partial charge in [0.1, 0.15) is 0 Å². The molecule has 0 radical (unpaired) electrons. The summed E-state index contributed by atoms with van der Waals surface area (Å²) in [6.07, 6.45) is 0. The summed E-state index contributed by atoms with van der Waals surface area (Å²) >= 11 is 0. The van der Waals surface area contributed by atoms with E-state index < -0.39 is 0 Å². The van der Waals surface area contributed by atoms with Crippen molar-refractivity contribution in [2.24, 2.45) is 0 Å². The fourth-order valence-corrected chi connectivity index (χ4v) is 1.61. The van der Waals surface area contributed by atoms with Gasteiger partial charge in [0.15, 0.2) is 0 Å². The minimum atomic E-state index is -0.388. The third kappa shape index (κ3) is 2.69. The summed E-state index contributed by atoms with van der Waals surface area (Å²) < 4.78 is 4.39. The molecule has 1 aromatic carbocycles. The quantitative estimate of drug-likeness (QED) is 0.870. The Morgan fingerprint density at radius 2 is 2.32 bits per heavy atom. The average molecular weight is 257 g/mol. The minimum absolute atomic E-state index is 0.0149. The van der Waals surface area contributed by atoms with Gasteiger partial charge in [0.05, 0.1) is 11.6 Å². The second kappa shape index (κ2) is 5.18. The number of nitrogens with zero attached hydrogens (tertiary/aromatic N) is 4. The van der Waals surface area contributed by atoms with Gasteiger partial charge in [-0.25, -0.2) is 4.63 Å². The summed E-state index contributed by atoms with van der Waals surface area (Å²) in [5, 5.41) is 15.6. The van der Waals surface area contributed by atoms with E-state index in [0.29, 0.717) is 12.1 Å². The number of carbonyl (C=O) groups is 1. The van der Waals surface area contributed by atoms with Gasteiger partial charge in [-0.15, -0.1) is 0 Å². The third-order valence-corrected chi connectivity index (χ3v) is 2.54. The van der Waals surface area contributed by atoms with E-state index in [9.17, 15) is 4.79 Å². The molecule has 1 heterocycles. The SMILES string of the molecule is CN(Cc1cccc(C#N)c1)C(=O)c1nonc1N. The molecular formula is C12H11N5O2. The molecule has 0 saturated carbocycles. The normalized spacial score (nSPS) is 9.89. The number of aromatic nitrogens is 2. The van der Waals surface area contributed by atoms with Crippen LogP contribution in [-0.2, 0) is 6.54 Å². The monoisotopic (exact) mass is 257 g/mol. The molecule has 0 aliphatic rings. The zero-order chi connectivity index (χ0) is 13.8. The number of benzene rings is 1. The zero-order valence-corrected chi connectivity index (χ0v) is 10.2. The van der Waals surface area contributed by atoms with Gasteiger partial charge < -0.3 is 10.6 Å². The van der Waals surface area contributed by atoms with Gasteiger partial charge in [-0.1, -0.05) is 12.1 Å². The molecule has 0 unspecified atom stereocenters. The van der Waals surface area contributed by atoms with Gasteiger partial charge in [-0.3, -0.25) is 4.79 Å². The molecule has 0 aliphatic heterocycles. The molecule has 2 rings (SSSR count). The van der Waals surface area contributed by atoms with Crippen LogP contribution in [0.5, 0.6) is 0 Å². The Bertz CT molecular complexity index is 644. The number of nitrogen functional groups attached to an aromatic ring is 1. The molecule has 0 spiro atoms. The van der Waals surface area contributed by atoms with E-state index in [2.05, 4.69) is 14.9 Å². The molecule has 19 heavy (non-hydrogen) atoms. The highest BCUT2D eigenvalue weighted by atomic mass is 16.6. The van der Waals surface area contributed by atoms with Crippen molar-refractivity contribution in [3.05, 3.63) is 41.1 Å². The highest BCUT2D eigenvalue weighted by Crippen LogP contribution is 2.11. The van der Waals surface area contributed by atoms with Crippen molar-refractivity contribution >= 4 is 11.7 Å². The Morgan fingerprint density at radius 3 is 2.95 bits per heavy atom. The maximum absolute atomic E-state index is 12.0. The van der Waals surface area contributed by atoms with Gasteiger partial charge >= 0.3 is 0 Å². The van der Waals surface area contributed by atoms with Gasteiger partial charge in [0.2, 0.25) is 11.5 Å². The predicted molar refractivity (Wildman–Crippen MR) is 65.7 cm³/mol. The van der Waals surface area contributed by atoms with Crippen molar-refractivity contribution in [2.45, 2.75) is 6.54 Å². The standard InChI is InChI=1S/C12H11N5O2/c1-17(12(18)10-11(14)16-19-15-10)7-9-4-2-3-8(5-9)6-13/h2-5H,7H2,1H3,(H2,14,16). The lowest BCUT2D eigenvalue weighted by Crippen LogP contribution is -2.27. The molecule has 0 fully saturated rings. The topological polar surface area (TPSA) is 109 Å². The Hall–Kier alpha value is -2.88. The average Bonchev–Trinajstić information content (AvgIpc) is 2.84. The smallest absolute Gasteiger partial charge is 0.280 e. The predicted octanol–water partition coefficient (Wildman–Crippen LogP) is 0.796. The first-order chi connectivity index (χ1) is 9.11. The second-order valence-electron chi connectivity index (χ2n) is 3.97. The number of hydrogen-bond acceptors (Lipinski definition) is 6. The lowest BCUT2D eigenvalue weighted by atomic mass is 10.1. The van der Waals surface area contributed by atoms with Crippen molar-refractivity contribution in [2.75, 3.05) is 12.8 Å². The molecule has 0 saturated heterocycles. The molecular weight excluding hydrogens is 246 g/mol. The molecule has 0 atom stereocenters. The van der Waals surface area contributed by atoms with E-state index >= 15 is 0 Å². The zero-order valence-electron chi connectivity index (χ0n) is 10.2. The molecule has 7 heteroatoms. The molecule has 0 aliphatic carbocycles. The van der Waals surface area contributed by atoms with E-state index in [-0.39, 0.29) is 17.4 Å². The van der Waals surface area contributed by atoms with Crippen LogP contribution in [0.1, 0.15) is 21.6 Å². The van der Waals surface area contributed by atoms with Crippen LogP contribution < -0.4 is 5.73 Å². The van der Waals surface area contributed by atoms with Crippen LogP contribution in [0.3, 0.4) is 0 Å². The van der Waals surface area contributed by atoms with Crippen LogP contribution in [0.25, 0.3) is 0 Å². The van der Waals surface area contributed by atoms with Crippen LogP contribution in [0.4, 0.5) is 5.82 Å². The highest BCUT2D eigenvalue weighted by molar-refractivity contribution is 5.95. The van der Waals surface area contributed by atoms with Gasteiger partial charge in [0, 0.05) is 13.6 Å². The van der Waals surface area contributed by atoms with Crippen LogP contribution in [-0.4, -0.2) is 28.2 Å². The first-order valence-corrected chi connectivity index (χ1v) is 5.44. The van der Waals surface area contributed by atoms with Gasteiger partial charge in [-0.2, -0.15) is 5.26 Å². The van der Waals surface area contributed by atoms with Crippen molar-refractivity contribution in [3.8, 4) is 6.07 Å². The maximum atomic E-state index is 12.0. The lowest BCUT2D eigenvalue weighted by Gasteiger charge is -2.15. The van der Waals surface area contributed by atoms with E-state index in [1.807, 2.05) is 12.1 Å². The Morgan fingerprint density at radius 1 is 1.53 bits per heavy atom. The Labute approximate surface area is 109 Å². The van der Waals surface area contributed by atoms with E-state index in [1.54, 1.807) is 25.2 Å². The first kappa shape index (κ1) is 12.6. The van der Waals surface area contributed by atoms with Gasteiger partial charge in [-0.05, 0) is 28.0 Å². The number of carbonyl (C=O) groups excluding carboxylic acids is 1. The molecule has 2 aromatic rings. The summed E-state index contributed by atoms with van der Waals surface area (Å²) in [5.74, 6) is -0.427. The highest BCUT2D eigenvalue weighted by Gasteiger charge is 2.20.